The minimum atomic E-state index is -0.567. The van der Waals surface area contributed by atoms with Crippen LogP contribution in [0.2, 0.25) is 0 Å². The van der Waals surface area contributed by atoms with Gasteiger partial charge in [0.25, 0.3) is 0 Å². The Labute approximate surface area is 120 Å². The highest BCUT2D eigenvalue weighted by molar-refractivity contribution is 7.17. The number of thiazole rings is 1. The van der Waals surface area contributed by atoms with Gasteiger partial charge in [-0.25, -0.2) is 14.8 Å². The molecule has 0 atom stereocenters. The van der Waals surface area contributed by atoms with Crippen molar-refractivity contribution in [3.8, 4) is 10.7 Å². The first-order valence-corrected chi connectivity index (χ1v) is 7.09. The maximum absolute atomic E-state index is 11.9. The quantitative estimate of drug-likeness (QED) is 0.625. The van der Waals surface area contributed by atoms with E-state index in [0.29, 0.717) is 9.88 Å². The van der Waals surface area contributed by atoms with Crippen molar-refractivity contribution in [3.05, 3.63) is 23.1 Å². The van der Waals surface area contributed by atoms with Crippen molar-refractivity contribution < 1.29 is 14.3 Å². The van der Waals surface area contributed by atoms with Crippen LogP contribution in [0.5, 0.6) is 0 Å². The number of aromatic nitrogens is 3. The average molecular weight is 293 g/mol. The summed E-state index contributed by atoms with van der Waals surface area (Å²) in [5.74, 6) is -0.762. The molecule has 0 spiro atoms. The second-order valence-electron chi connectivity index (χ2n) is 4.04. The van der Waals surface area contributed by atoms with Crippen molar-refractivity contribution in [1.29, 1.82) is 0 Å². The molecule has 6 nitrogen and oxygen atoms in total. The summed E-state index contributed by atoms with van der Waals surface area (Å²) >= 11 is 1.19. The Balaban J connectivity index is 2.49. The van der Waals surface area contributed by atoms with E-state index in [1.54, 1.807) is 19.4 Å². The number of ether oxygens (including phenoxy) is 1. The van der Waals surface area contributed by atoms with Crippen LogP contribution in [0.1, 0.15) is 40.9 Å². The molecule has 0 saturated carbocycles. The minimum Gasteiger partial charge on any atom is -0.461 e. The summed E-state index contributed by atoms with van der Waals surface area (Å²) in [6, 6.07) is 0. The number of hydrogen-bond donors (Lipinski definition) is 0. The van der Waals surface area contributed by atoms with Crippen molar-refractivity contribution >= 4 is 23.1 Å². The first-order chi connectivity index (χ1) is 9.58. The lowest BCUT2D eigenvalue weighted by Gasteiger charge is -2.00. The summed E-state index contributed by atoms with van der Waals surface area (Å²) in [7, 11) is 0. The summed E-state index contributed by atoms with van der Waals surface area (Å²) in [5, 5.41) is 0.595. The number of carbonyl (C=O) groups excluding carboxylic acids is 2. The summed E-state index contributed by atoms with van der Waals surface area (Å²) in [5.41, 5.74) is 0.874. The molecule has 20 heavy (non-hydrogen) atoms. The van der Waals surface area contributed by atoms with Crippen LogP contribution in [0.4, 0.5) is 0 Å². The Morgan fingerprint density at radius 2 is 2.15 bits per heavy atom. The van der Waals surface area contributed by atoms with Crippen LogP contribution in [0.25, 0.3) is 10.7 Å². The molecule has 2 rings (SSSR count). The maximum Gasteiger partial charge on any atom is 0.358 e. The summed E-state index contributed by atoms with van der Waals surface area (Å²) in [6.45, 7) is 6.09. The third-order valence-electron chi connectivity index (χ3n) is 2.69. The highest BCUT2D eigenvalue weighted by Crippen LogP contribution is 2.29. The average Bonchev–Trinajstić information content (AvgIpc) is 3.04. The molecular weight excluding hydrogens is 278 g/mol. The maximum atomic E-state index is 11.9. The van der Waals surface area contributed by atoms with Crippen LogP contribution in [0.15, 0.2) is 12.5 Å². The molecule has 0 saturated heterocycles. The molecule has 0 bridgehead atoms. The molecule has 7 heteroatoms. The number of Topliss-reactive ketones (excluding diaryl/α,β-unsaturated/α-hetero) is 1. The van der Waals surface area contributed by atoms with Crippen LogP contribution in [0, 0.1) is 0 Å². The standard InChI is InChI=1S/C13H15N3O3S/c1-4-16-7-14-6-9(16)12-15-10(13(18)19-5-2)11(20-12)8(3)17/h6-7H,4-5H2,1-3H3. The van der Waals surface area contributed by atoms with Crippen molar-refractivity contribution in [3.63, 3.8) is 0 Å². The molecule has 0 N–H and O–H groups in total. The van der Waals surface area contributed by atoms with E-state index in [-0.39, 0.29) is 18.1 Å². The minimum absolute atomic E-state index is 0.0863. The molecule has 0 aliphatic rings. The van der Waals surface area contributed by atoms with E-state index in [2.05, 4.69) is 9.97 Å². The lowest BCUT2D eigenvalue weighted by Crippen LogP contribution is -2.09. The van der Waals surface area contributed by atoms with Gasteiger partial charge >= 0.3 is 5.97 Å². The predicted molar refractivity (Wildman–Crippen MR) is 75.0 cm³/mol. The highest BCUT2D eigenvalue weighted by atomic mass is 32.1. The Morgan fingerprint density at radius 3 is 2.75 bits per heavy atom. The summed E-state index contributed by atoms with van der Waals surface area (Å²) < 4.78 is 6.84. The first-order valence-electron chi connectivity index (χ1n) is 6.27. The van der Waals surface area contributed by atoms with Gasteiger partial charge in [0.15, 0.2) is 11.5 Å². The van der Waals surface area contributed by atoms with Crippen molar-refractivity contribution in [2.24, 2.45) is 0 Å². The van der Waals surface area contributed by atoms with Crippen LogP contribution in [0.3, 0.4) is 0 Å². The largest absolute Gasteiger partial charge is 0.461 e. The number of rotatable bonds is 5. The van der Waals surface area contributed by atoms with Gasteiger partial charge in [0.05, 0.1) is 24.8 Å². The molecule has 2 heterocycles. The van der Waals surface area contributed by atoms with Crippen LogP contribution < -0.4 is 0 Å². The molecule has 0 radical (unpaired) electrons. The molecule has 2 aromatic heterocycles. The molecule has 0 unspecified atom stereocenters. The fraction of sp³-hybridized carbons (Fsp3) is 0.385. The van der Waals surface area contributed by atoms with E-state index in [1.165, 1.54) is 18.3 Å². The molecule has 106 valence electrons. The second-order valence-corrected chi connectivity index (χ2v) is 5.04. The van der Waals surface area contributed by atoms with E-state index >= 15 is 0 Å². The summed E-state index contributed by atoms with van der Waals surface area (Å²) in [4.78, 5) is 32.2. The number of aryl methyl sites for hydroxylation is 1. The van der Waals surface area contributed by atoms with Gasteiger partial charge < -0.3 is 9.30 Å². The number of hydrogen-bond acceptors (Lipinski definition) is 6. The van der Waals surface area contributed by atoms with Gasteiger partial charge in [0, 0.05) is 13.5 Å². The fourth-order valence-corrected chi connectivity index (χ4v) is 2.73. The highest BCUT2D eigenvalue weighted by Gasteiger charge is 2.23. The number of ketones is 1. The van der Waals surface area contributed by atoms with Gasteiger partial charge in [-0.3, -0.25) is 4.79 Å². The fourth-order valence-electron chi connectivity index (χ4n) is 1.76. The first kappa shape index (κ1) is 14.4. The number of esters is 1. The van der Waals surface area contributed by atoms with Gasteiger partial charge in [0.2, 0.25) is 0 Å². The zero-order chi connectivity index (χ0) is 14.7. The van der Waals surface area contributed by atoms with Crippen molar-refractivity contribution in [2.75, 3.05) is 6.61 Å². The molecule has 0 aromatic carbocycles. The summed E-state index contributed by atoms with van der Waals surface area (Å²) in [6.07, 6.45) is 3.36. The predicted octanol–water partition coefficient (Wildman–Crippen LogP) is 2.41. The van der Waals surface area contributed by atoms with Crippen molar-refractivity contribution in [1.82, 2.24) is 14.5 Å². The van der Waals surface area contributed by atoms with E-state index < -0.39 is 5.97 Å². The third kappa shape index (κ3) is 2.62. The second kappa shape index (κ2) is 5.96. The SMILES string of the molecule is CCOC(=O)c1nc(-c2cncn2CC)sc1C(C)=O. The van der Waals surface area contributed by atoms with E-state index in [0.717, 1.165) is 12.2 Å². The van der Waals surface area contributed by atoms with E-state index in [1.807, 2.05) is 11.5 Å². The zero-order valence-electron chi connectivity index (χ0n) is 11.5. The Kier molecular flexibility index (Phi) is 4.29. The molecule has 2 aromatic rings. The zero-order valence-corrected chi connectivity index (χ0v) is 12.4. The number of carbonyl (C=O) groups is 2. The lowest BCUT2D eigenvalue weighted by atomic mass is 10.3. The van der Waals surface area contributed by atoms with Gasteiger partial charge in [-0.2, -0.15) is 0 Å². The Morgan fingerprint density at radius 1 is 1.40 bits per heavy atom. The smallest absolute Gasteiger partial charge is 0.358 e. The van der Waals surface area contributed by atoms with Gasteiger partial charge in [-0.1, -0.05) is 0 Å². The lowest BCUT2D eigenvalue weighted by molar-refractivity contribution is 0.0517. The molecule has 0 aliphatic carbocycles. The van der Waals surface area contributed by atoms with Crippen LogP contribution >= 0.6 is 11.3 Å². The molecule has 0 amide bonds. The van der Waals surface area contributed by atoms with Gasteiger partial charge in [-0.15, -0.1) is 11.3 Å². The van der Waals surface area contributed by atoms with Gasteiger partial charge in [0.1, 0.15) is 9.88 Å². The van der Waals surface area contributed by atoms with Crippen molar-refractivity contribution in [2.45, 2.75) is 27.3 Å². The normalized spacial score (nSPS) is 10.6. The molecule has 0 aliphatic heterocycles. The van der Waals surface area contributed by atoms with E-state index in [4.69, 9.17) is 4.74 Å². The molecule has 0 fully saturated rings. The van der Waals surface area contributed by atoms with E-state index in [9.17, 15) is 9.59 Å². The topological polar surface area (TPSA) is 74.1 Å². The van der Waals surface area contributed by atoms with Crippen LogP contribution in [-0.2, 0) is 11.3 Å². The van der Waals surface area contributed by atoms with Gasteiger partial charge in [-0.05, 0) is 13.8 Å². The third-order valence-corrected chi connectivity index (χ3v) is 3.87. The molecular formula is C13H15N3O3S. The Hall–Kier alpha value is -2.02. The monoisotopic (exact) mass is 293 g/mol. The van der Waals surface area contributed by atoms with Crippen LogP contribution in [-0.4, -0.2) is 32.9 Å². The Bertz CT molecular complexity index is 645. The number of imidazole rings is 1. The number of nitrogens with zero attached hydrogens (tertiary/aromatic N) is 3.